The third-order valence-electron chi connectivity index (χ3n) is 16.1. The molecule has 0 N–H and O–H groups in total. The van der Waals surface area contributed by atoms with Gasteiger partial charge in [-0.15, -0.1) is 0 Å². The molecular weight excluding hydrogens is 847 g/mol. The second-order valence-corrected chi connectivity index (χ2v) is 19.9. The maximum atomic E-state index is 7.55. The van der Waals surface area contributed by atoms with Crippen molar-refractivity contribution in [3.63, 3.8) is 0 Å². The van der Waals surface area contributed by atoms with Crippen LogP contribution in [0, 0.1) is 0 Å². The molecule has 3 aliphatic carbocycles. The average molecular weight is 892 g/mol. The monoisotopic (exact) mass is 891 g/mol. The Balaban J connectivity index is 0.973. The molecule has 1 heterocycles. The molecule has 0 atom stereocenters. The maximum Gasteiger partial charge on any atom is 0.159 e. The predicted octanol–water partition coefficient (Wildman–Crippen LogP) is 18.2. The third kappa shape index (κ3) is 5.23. The van der Waals surface area contributed by atoms with Crippen molar-refractivity contribution < 1.29 is 4.42 Å². The number of benzene rings is 11. The quantitative estimate of drug-likeness (QED) is 0.171. The lowest BCUT2D eigenvalue weighted by Gasteiger charge is -2.30. The van der Waals surface area contributed by atoms with Gasteiger partial charge in [0.15, 0.2) is 5.58 Å². The summed E-state index contributed by atoms with van der Waals surface area (Å²) in [7, 11) is 0. The second-order valence-electron chi connectivity index (χ2n) is 19.9. The standard InChI is InChI=1S/C68H45NO/c1-67(2)57-26-12-8-21-49(57)53-38-36-47(41-61(53)67)69(46-34-31-43(32-35-46)42-17-4-3-5-18-42)63-30-16-25-55-56-39-44-19-6-7-20-48(44)64(66(56)70-65(55)63)45-33-37-54-52-24-11-15-29-60(52)68(62(54)40-45)58-27-13-9-22-50(58)51-23-10-14-28-59(51)68/h3-41H,1-2H3. The van der Waals surface area contributed by atoms with E-state index in [2.05, 4.69) is 255 Å². The molecule has 0 saturated heterocycles. The van der Waals surface area contributed by atoms with Gasteiger partial charge in [0.1, 0.15) is 5.58 Å². The van der Waals surface area contributed by atoms with Gasteiger partial charge in [0.25, 0.3) is 0 Å². The largest absolute Gasteiger partial charge is 0.453 e. The lowest BCUT2D eigenvalue weighted by atomic mass is 9.70. The minimum Gasteiger partial charge on any atom is -0.453 e. The number of furan rings is 1. The van der Waals surface area contributed by atoms with E-state index in [0.29, 0.717) is 0 Å². The van der Waals surface area contributed by atoms with Crippen molar-refractivity contribution in [3.8, 4) is 55.6 Å². The van der Waals surface area contributed by atoms with Crippen molar-refractivity contribution in [3.05, 3.63) is 270 Å². The van der Waals surface area contributed by atoms with Crippen molar-refractivity contribution >= 4 is 49.8 Å². The van der Waals surface area contributed by atoms with Crippen LogP contribution in [0.4, 0.5) is 17.1 Å². The minimum atomic E-state index is -0.456. The highest BCUT2D eigenvalue weighted by Crippen LogP contribution is 2.63. The van der Waals surface area contributed by atoms with Gasteiger partial charge in [-0.1, -0.05) is 208 Å². The normalized spacial score (nSPS) is 14.1. The SMILES string of the molecule is CC1(C)c2ccccc2-c2ccc(N(c3ccc(-c4ccccc4)cc3)c3cccc4c3oc3c(-c5ccc6c(c5)C5(c7ccccc7-c7ccccc75)c5ccccc5-6)c5ccccc5cc34)cc21. The summed E-state index contributed by atoms with van der Waals surface area (Å²) in [5.74, 6) is 0. The molecule has 2 nitrogen and oxygen atoms in total. The molecule has 2 heteroatoms. The molecule has 0 bridgehead atoms. The number of fused-ring (bicyclic) bond motifs is 17. The number of para-hydroxylation sites is 1. The summed E-state index contributed by atoms with van der Waals surface area (Å²) >= 11 is 0. The Labute approximate surface area is 407 Å². The number of nitrogens with zero attached hydrogens (tertiary/aromatic N) is 1. The van der Waals surface area contributed by atoms with Crippen LogP contribution in [0.1, 0.15) is 47.2 Å². The fraction of sp³-hybridized carbons (Fsp3) is 0.0588. The summed E-state index contributed by atoms with van der Waals surface area (Å²) in [5.41, 5.74) is 24.7. The number of anilines is 3. The van der Waals surface area contributed by atoms with E-state index < -0.39 is 5.41 Å². The average Bonchev–Trinajstić information content (AvgIpc) is 4.11. The highest BCUT2D eigenvalue weighted by atomic mass is 16.3. The zero-order valence-electron chi connectivity index (χ0n) is 38.9. The van der Waals surface area contributed by atoms with E-state index in [1.165, 1.54) is 88.7 Å². The predicted molar refractivity (Wildman–Crippen MR) is 291 cm³/mol. The Bertz CT molecular complexity index is 4090. The van der Waals surface area contributed by atoms with E-state index in [1.54, 1.807) is 0 Å². The molecule has 0 aliphatic heterocycles. The molecule has 11 aromatic carbocycles. The molecule has 0 fully saturated rings. The van der Waals surface area contributed by atoms with Gasteiger partial charge in [0.2, 0.25) is 0 Å². The molecule has 0 unspecified atom stereocenters. The van der Waals surface area contributed by atoms with E-state index in [9.17, 15) is 0 Å². The molecule has 15 rings (SSSR count). The minimum absolute atomic E-state index is 0.163. The van der Waals surface area contributed by atoms with Gasteiger partial charge in [-0.3, -0.25) is 0 Å². The Morgan fingerprint density at radius 1 is 0.329 bits per heavy atom. The molecule has 70 heavy (non-hydrogen) atoms. The van der Waals surface area contributed by atoms with Crippen molar-refractivity contribution in [2.75, 3.05) is 4.90 Å². The molecule has 3 aliphatic rings. The van der Waals surface area contributed by atoms with Gasteiger partial charge in [-0.05, 0) is 137 Å². The van der Waals surface area contributed by atoms with Crippen LogP contribution in [0.2, 0.25) is 0 Å². The Hall–Kier alpha value is -8.72. The van der Waals surface area contributed by atoms with Crippen LogP contribution in [0.15, 0.2) is 241 Å². The Kier molecular flexibility index (Phi) is 8.08. The molecule has 0 radical (unpaired) electrons. The summed E-state index contributed by atoms with van der Waals surface area (Å²) in [6.45, 7) is 4.71. The molecule has 0 amide bonds. The zero-order chi connectivity index (χ0) is 46.3. The maximum absolute atomic E-state index is 7.55. The highest BCUT2D eigenvalue weighted by Gasteiger charge is 2.51. The van der Waals surface area contributed by atoms with Crippen LogP contribution in [0.5, 0.6) is 0 Å². The fourth-order valence-corrected chi connectivity index (χ4v) is 13.0. The van der Waals surface area contributed by atoms with Gasteiger partial charge in [-0.2, -0.15) is 0 Å². The molecule has 1 spiro atoms. The van der Waals surface area contributed by atoms with Gasteiger partial charge >= 0.3 is 0 Å². The van der Waals surface area contributed by atoms with Gasteiger partial charge < -0.3 is 9.32 Å². The lowest BCUT2D eigenvalue weighted by molar-refractivity contribution is 0.660. The van der Waals surface area contributed by atoms with Crippen LogP contribution in [-0.2, 0) is 10.8 Å². The van der Waals surface area contributed by atoms with Crippen LogP contribution in [-0.4, -0.2) is 0 Å². The van der Waals surface area contributed by atoms with Gasteiger partial charge in [-0.25, -0.2) is 0 Å². The summed E-state index contributed by atoms with van der Waals surface area (Å²) in [6, 6.07) is 87.7. The number of rotatable bonds is 5. The second kappa shape index (κ2) is 14.4. The van der Waals surface area contributed by atoms with Crippen LogP contribution in [0.3, 0.4) is 0 Å². The first-order valence-corrected chi connectivity index (χ1v) is 24.5. The molecule has 0 saturated carbocycles. The van der Waals surface area contributed by atoms with Crippen molar-refractivity contribution in [1.82, 2.24) is 0 Å². The lowest BCUT2D eigenvalue weighted by Crippen LogP contribution is -2.25. The first-order valence-electron chi connectivity index (χ1n) is 24.5. The first kappa shape index (κ1) is 39.3. The van der Waals surface area contributed by atoms with Crippen molar-refractivity contribution in [1.29, 1.82) is 0 Å². The molecular formula is C68H45NO. The zero-order valence-corrected chi connectivity index (χ0v) is 38.9. The van der Waals surface area contributed by atoms with E-state index in [1.807, 2.05) is 0 Å². The molecule has 12 aromatic rings. The first-order chi connectivity index (χ1) is 34.5. The highest BCUT2D eigenvalue weighted by molar-refractivity contribution is 6.20. The summed E-state index contributed by atoms with van der Waals surface area (Å²) in [4.78, 5) is 2.41. The molecule has 328 valence electrons. The van der Waals surface area contributed by atoms with Crippen LogP contribution < -0.4 is 4.90 Å². The smallest absolute Gasteiger partial charge is 0.159 e. The van der Waals surface area contributed by atoms with Crippen LogP contribution >= 0.6 is 0 Å². The van der Waals surface area contributed by atoms with Crippen molar-refractivity contribution in [2.45, 2.75) is 24.7 Å². The van der Waals surface area contributed by atoms with E-state index >= 15 is 0 Å². The number of hydrogen-bond donors (Lipinski definition) is 0. The summed E-state index contributed by atoms with van der Waals surface area (Å²) in [5, 5.41) is 4.54. The fourth-order valence-electron chi connectivity index (χ4n) is 13.0. The van der Waals surface area contributed by atoms with E-state index in [-0.39, 0.29) is 5.41 Å². The van der Waals surface area contributed by atoms with Gasteiger partial charge in [0, 0.05) is 33.1 Å². The summed E-state index contributed by atoms with van der Waals surface area (Å²) in [6.07, 6.45) is 0. The number of hydrogen-bond acceptors (Lipinski definition) is 2. The third-order valence-corrected chi connectivity index (χ3v) is 16.1. The van der Waals surface area contributed by atoms with E-state index in [4.69, 9.17) is 4.42 Å². The van der Waals surface area contributed by atoms with Gasteiger partial charge in [0.05, 0.1) is 11.1 Å². The topological polar surface area (TPSA) is 16.4 Å². The molecule has 1 aromatic heterocycles. The van der Waals surface area contributed by atoms with Crippen molar-refractivity contribution in [2.24, 2.45) is 0 Å². The van der Waals surface area contributed by atoms with Crippen LogP contribution in [0.25, 0.3) is 88.3 Å². The Morgan fingerprint density at radius 2 is 0.843 bits per heavy atom. The summed E-state index contributed by atoms with van der Waals surface area (Å²) < 4.78 is 7.55. The Morgan fingerprint density at radius 3 is 1.54 bits per heavy atom. The van der Waals surface area contributed by atoms with E-state index in [0.717, 1.165) is 50.1 Å².